The fourth-order valence-electron chi connectivity index (χ4n) is 1.81. The molecule has 1 aromatic carbocycles. The van der Waals surface area contributed by atoms with E-state index in [9.17, 15) is 4.39 Å². The summed E-state index contributed by atoms with van der Waals surface area (Å²) in [5.74, 6) is 1.44. The zero-order valence-electron chi connectivity index (χ0n) is 10.1. The Balaban J connectivity index is 2.13. The van der Waals surface area contributed by atoms with Crippen LogP contribution in [0.2, 0.25) is 0 Å². The topological polar surface area (TPSA) is 39.2 Å². The lowest BCUT2D eigenvalue weighted by atomic mass is 10.0. The van der Waals surface area contributed by atoms with Gasteiger partial charge in [0.1, 0.15) is 17.3 Å². The lowest BCUT2D eigenvalue weighted by Crippen LogP contribution is -2.12. The number of benzene rings is 1. The summed E-state index contributed by atoms with van der Waals surface area (Å²) in [7, 11) is 0. The van der Waals surface area contributed by atoms with E-state index in [4.69, 9.17) is 10.2 Å². The molecule has 18 heavy (non-hydrogen) atoms. The van der Waals surface area contributed by atoms with Crippen molar-refractivity contribution in [2.24, 2.45) is 5.73 Å². The average molecular weight is 312 g/mol. The smallest absolute Gasteiger partial charge is 0.124 e. The van der Waals surface area contributed by atoms with E-state index in [-0.39, 0.29) is 11.9 Å². The molecule has 2 aromatic rings. The summed E-state index contributed by atoms with van der Waals surface area (Å²) in [4.78, 5) is 0. The van der Waals surface area contributed by atoms with E-state index in [1.54, 1.807) is 6.07 Å². The van der Waals surface area contributed by atoms with Crippen molar-refractivity contribution in [3.8, 4) is 0 Å². The lowest BCUT2D eigenvalue weighted by Gasteiger charge is -2.10. The Morgan fingerprint density at radius 3 is 2.72 bits per heavy atom. The van der Waals surface area contributed by atoms with Gasteiger partial charge in [0.2, 0.25) is 0 Å². The second kappa shape index (κ2) is 5.67. The quantitative estimate of drug-likeness (QED) is 0.927. The molecule has 0 aliphatic carbocycles. The highest BCUT2D eigenvalue weighted by molar-refractivity contribution is 9.10. The van der Waals surface area contributed by atoms with Crippen molar-refractivity contribution in [1.82, 2.24) is 0 Å². The van der Waals surface area contributed by atoms with Gasteiger partial charge < -0.3 is 10.2 Å². The molecule has 0 spiro atoms. The van der Waals surface area contributed by atoms with Gasteiger partial charge in [-0.3, -0.25) is 0 Å². The predicted octanol–water partition coefficient (Wildman–Crippen LogP) is 3.99. The normalized spacial score (nSPS) is 12.7. The van der Waals surface area contributed by atoms with Crippen LogP contribution < -0.4 is 5.73 Å². The summed E-state index contributed by atoms with van der Waals surface area (Å²) >= 11 is 3.34. The Kier molecular flexibility index (Phi) is 4.19. The Morgan fingerprint density at radius 1 is 1.33 bits per heavy atom. The van der Waals surface area contributed by atoms with Crippen LogP contribution in [0.4, 0.5) is 4.39 Å². The van der Waals surface area contributed by atoms with Crippen molar-refractivity contribution in [3.05, 3.63) is 57.7 Å². The number of hydrogen-bond acceptors (Lipinski definition) is 2. The first-order valence-corrected chi connectivity index (χ1v) is 6.67. The van der Waals surface area contributed by atoms with Gasteiger partial charge in [-0.25, -0.2) is 4.39 Å². The third-order valence-electron chi connectivity index (χ3n) is 2.85. The predicted molar refractivity (Wildman–Crippen MR) is 72.8 cm³/mol. The highest BCUT2D eigenvalue weighted by atomic mass is 79.9. The molecule has 0 saturated heterocycles. The van der Waals surface area contributed by atoms with Gasteiger partial charge in [-0.1, -0.05) is 28.9 Å². The van der Waals surface area contributed by atoms with Gasteiger partial charge in [-0.15, -0.1) is 0 Å². The average Bonchev–Trinajstić information content (AvgIpc) is 2.81. The molecule has 0 bridgehead atoms. The number of hydrogen-bond donors (Lipinski definition) is 1. The van der Waals surface area contributed by atoms with Crippen LogP contribution in [0, 0.1) is 5.82 Å². The molecule has 2 nitrogen and oxygen atoms in total. The van der Waals surface area contributed by atoms with Crippen LogP contribution in [0.15, 0.2) is 39.2 Å². The van der Waals surface area contributed by atoms with E-state index in [0.717, 1.165) is 28.0 Å². The van der Waals surface area contributed by atoms with Crippen LogP contribution in [0.5, 0.6) is 0 Å². The molecule has 1 unspecified atom stereocenters. The van der Waals surface area contributed by atoms with Gasteiger partial charge >= 0.3 is 0 Å². The van der Waals surface area contributed by atoms with Crippen molar-refractivity contribution in [2.45, 2.75) is 25.8 Å². The maximum atomic E-state index is 13.0. The Bertz CT molecular complexity index is 538. The van der Waals surface area contributed by atoms with Crippen LogP contribution >= 0.6 is 15.9 Å². The Hall–Kier alpha value is -1.13. The van der Waals surface area contributed by atoms with Crippen molar-refractivity contribution in [3.63, 3.8) is 0 Å². The van der Waals surface area contributed by atoms with Crippen LogP contribution in [0.25, 0.3) is 0 Å². The van der Waals surface area contributed by atoms with Crippen molar-refractivity contribution >= 4 is 15.9 Å². The summed E-state index contributed by atoms with van der Waals surface area (Å²) in [6, 6.07) is 8.25. The zero-order chi connectivity index (χ0) is 13.1. The molecular formula is C14H15BrFNO. The van der Waals surface area contributed by atoms with E-state index < -0.39 is 0 Å². The van der Waals surface area contributed by atoms with Crippen LogP contribution in [-0.2, 0) is 12.8 Å². The molecule has 96 valence electrons. The first-order valence-electron chi connectivity index (χ1n) is 5.88. The van der Waals surface area contributed by atoms with Gasteiger partial charge in [0.15, 0.2) is 0 Å². The van der Waals surface area contributed by atoms with E-state index in [2.05, 4.69) is 15.9 Å². The fraction of sp³-hybridized carbons (Fsp3) is 0.286. The first-order chi connectivity index (χ1) is 8.60. The Labute approximate surface area is 114 Å². The van der Waals surface area contributed by atoms with E-state index in [0.29, 0.717) is 6.42 Å². The molecule has 0 radical (unpaired) electrons. The van der Waals surface area contributed by atoms with Crippen molar-refractivity contribution < 1.29 is 8.81 Å². The number of furan rings is 1. The summed E-state index contributed by atoms with van der Waals surface area (Å²) in [5, 5.41) is 0. The molecule has 1 heterocycles. The van der Waals surface area contributed by atoms with Gasteiger partial charge in [0, 0.05) is 10.9 Å². The van der Waals surface area contributed by atoms with E-state index in [1.807, 2.05) is 19.1 Å². The highest BCUT2D eigenvalue weighted by Gasteiger charge is 2.13. The first kappa shape index (κ1) is 13.3. The molecule has 0 amide bonds. The monoisotopic (exact) mass is 311 g/mol. The summed E-state index contributed by atoms with van der Waals surface area (Å²) < 4.78 is 19.3. The van der Waals surface area contributed by atoms with Gasteiger partial charge in [0.05, 0.1) is 6.04 Å². The van der Waals surface area contributed by atoms with Crippen LogP contribution in [0.3, 0.4) is 0 Å². The molecule has 2 rings (SSSR count). The molecule has 0 fully saturated rings. The maximum Gasteiger partial charge on any atom is 0.124 e. The minimum Gasteiger partial charge on any atom is -0.464 e. The van der Waals surface area contributed by atoms with Crippen LogP contribution in [0.1, 0.15) is 30.0 Å². The maximum absolute atomic E-state index is 13.0. The third-order valence-corrected chi connectivity index (χ3v) is 3.59. The molecule has 1 aromatic heterocycles. The number of halogens is 2. The minimum atomic E-state index is -0.259. The number of nitrogens with two attached hydrogens (primary N) is 1. The minimum absolute atomic E-state index is 0.216. The van der Waals surface area contributed by atoms with Gasteiger partial charge in [0.25, 0.3) is 0 Å². The standard InChI is InChI=1S/C14H15BrFNO/c1-2-11-5-6-14(18-11)13(17)7-9-3-4-10(16)8-12(9)15/h3-6,8,13H,2,7,17H2,1H3. The largest absolute Gasteiger partial charge is 0.464 e. The molecular weight excluding hydrogens is 297 g/mol. The molecule has 1 atom stereocenters. The highest BCUT2D eigenvalue weighted by Crippen LogP contribution is 2.24. The Morgan fingerprint density at radius 2 is 2.11 bits per heavy atom. The molecule has 0 aliphatic rings. The second-order valence-corrected chi connectivity index (χ2v) is 5.06. The zero-order valence-corrected chi connectivity index (χ0v) is 11.7. The second-order valence-electron chi connectivity index (χ2n) is 4.20. The lowest BCUT2D eigenvalue weighted by molar-refractivity contribution is 0.434. The summed E-state index contributed by atoms with van der Waals surface area (Å²) in [6.45, 7) is 2.03. The number of aryl methyl sites for hydroxylation is 1. The molecule has 4 heteroatoms. The SMILES string of the molecule is CCc1ccc(C(N)Cc2ccc(F)cc2Br)o1. The van der Waals surface area contributed by atoms with Gasteiger partial charge in [-0.05, 0) is 36.2 Å². The van der Waals surface area contributed by atoms with E-state index in [1.165, 1.54) is 12.1 Å². The van der Waals surface area contributed by atoms with Crippen molar-refractivity contribution in [1.29, 1.82) is 0 Å². The van der Waals surface area contributed by atoms with E-state index >= 15 is 0 Å². The molecule has 0 saturated carbocycles. The summed E-state index contributed by atoms with van der Waals surface area (Å²) in [5.41, 5.74) is 7.06. The third kappa shape index (κ3) is 3.00. The fourth-order valence-corrected chi connectivity index (χ4v) is 2.32. The van der Waals surface area contributed by atoms with Crippen molar-refractivity contribution in [2.75, 3.05) is 0 Å². The molecule has 0 aliphatic heterocycles. The summed E-state index contributed by atoms with van der Waals surface area (Å²) in [6.07, 6.45) is 1.46. The number of rotatable bonds is 4. The van der Waals surface area contributed by atoms with Crippen LogP contribution in [-0.4, -0.2) is 0 Å². The molecule has 2 N–H and O–H groups in total. The van der Waals surface area contributed by atoms with Gasteiger partial charge in [-0.2, -0.15) is 0 Å².